The number of hydrogen-bond donors (Lipinski definition) is 2. The van der Waals surface area contributed by atoms with Crippen molar-refractivity contribution >= 4 is 28.9 Å². The average molecular weight is 369 g/mol. The zero-order valence-corrected chi connectivity index (χ0v) is 17.0. The van der Waals surface area contributed by atoms with Crippen LogP contribution in [0.4, 0.5) is 5.69 Å². The molecule has 0 spiro atoms. The molecule has 0 aliphatic carbocycles. The van der Waals surface area contributed by atoms with E-state index < -0.39 is 0 Å². The number of amides is 1. The molecule has 0 aliphatic heterocycles. The van der Waals surface area contributed by atoms with Crippen molar-refractivity contribution in [3.05, 3.63) is 64.7 Å². The first kappa shape index (κ1) is 20.1. The lowest BCUT2D eigenvalue weighted by Gasteiger charge is -2.17. The van der Waals surface area contributed by atoms with Crippen molar-refractivity contribution in [2.75, 3.05) is 5.32 Å². The minimum Gasteiger partial charge on any atom is -0.332 e. The van der Waals surface area contributed by atoms with Gasteiger partial charge in [0.1, 0.15) is 0 Å². The molecule has 3 nitrogen and oxygen atoms in total. The van der Waals surface area contributed by atoms with Gasteiger partial charge in [-0.25, -0.2) is 0 Å². The number of nitrogens with one attached hydrogen (secondary N) is 2. The van der Waals surface area contributed by atoms with E-state index in [0.29, 0.717) is 11.0 Å². The topological polar surface area (TPSA) is 41.1 Å². The van der Waals surface area contributed by atoms with Gasteiger partial charge in [0.25, 0.3) is 0 Å². The molecule has 0 saturated heterocycles. The Morgan fingerprint density at radius 2 is 1.58 bits per heavy atom. The number of hydrogen-bond acceptors (Lipinski definition) is 2. The van der Waals surface area contributed by atoms with Crippen molar-refractivity contribution in [2.45, 2.75) is 47.0 Å². The maximum Gasteiger partial charge on any atom is 0.233 e. The molecule has 2 N–H and O–H groups in total. The fourth-order valence-electron chi connectivity index (χ4n) is 2.94. The summed E-state index contributed by atoms with van der Waals surface area (Å²) in [5, 5.41) is 6.28. The molecule has 1 amide bonds. The van der Waals surface area contributed by atoms with Gasteiger partial charge in [-0.05, 0) is 67.6 Å². The third kappa shape index (κ3) is 5.40. The van der Waals surface area contributed by atoms with Gasteiger partial charge in [-0.15, -0.1) is 0 Å². The van der Waals surface area contributed by atoms with E-state index in [0.717, 1.165) is 28.8 Å². The zero-order chi connectivity index (χ0) is 19.3. The van der Waals surface area contributed by atoms with Crippen LogP contribution in [0.15, 0.2) is 42.5 Å². The van der Waals surface area contributed by atoms with Gasteiger partial charge in [-0.3, -0.25) is 4.79 Å². The number of rotatable bonds is 5. The summed E-state index contributed by atoms with van der Waals surface area (Å²) < 4.78 is 0. The lowest BCUT2D eigenvalue weighted by atomic mass is 9.96. The summed E-state index contributed by atoms with van der Waals surface area (Å²) in [7, 11) is 0. The highest BCUT2D eigenvalue weighted by Crippen LogP contribution is 2.20. The Labute approximate surface area is 162 Å². The number of carbonyl (C=O) groups excluding carboxylic acids is 1. The molecular formula is C22H28N2OS. The molecule has 0 radical (unpaired) electrons. The molecule has 26 heavy (non-hydrogen) atoms. The lowest BCUT2D eigenvalue weighted by molar-refractivity contribution is -0.120. The van der Waals surface area contributed by atoms with Crippen LogP contribution in [0.5, 0.6) is 0 Å². The molecule has 4 heteroatoms. The Balaban J connectivity index is 1.99. The van der Waals surface area contributed by atoms with Crippen molar-refractivity contribution < 1.29 is 4.79 Å². The number of thiocarbonyl (C=S) groups is 1. The molecule has 1 atom stereocenters. The molecule has 0 saturated carbocycles. The minimum absolute atomic E-state index is 0.106. The molecule has 0 bridgehead atoms. The Morgan fingerprint density at radius 3 is 2.12 bits per heavy atom. The van der Waals surface area contributed by atoms with E-state index in [1.54, 1.807) is 0 Å². The van der Waals surface area contributed by atoms with Crippen LogP contribution in [0, 0.1) is 19.8 Å². The van der Waals surface area contributed by atoms with Crippen LogP contribution in [0.2, 0.25) is 0 Å². The van der Waals surface area contributed by atoms with Crippen LogP contribution >= 0.6 is 12.2 Å². The molecule has 0 heterocycles. The summed E-state index contributed by atoms with van der Waals surface area (Å²) >= 11 is 5.33. The van der Waals surface area contributed by atoms with Crippen LogP contribution in [-0.4, -0.2) is 11.0 Å². The van der Waals surface area contributed by atoms with Crippen molar-refractivity contribution in [3.63, 3.8) is 0 Å². The van der Waals surface area contributed by atoms with E-state index in [9.17, 15) is 4.79 Å². The van der Waals surface area contributed by atoms with Crippen LogP contribution < -0.4 is 10.6 Å². The molecule has 138 valence electrons. The Hall–Kier alpha value is -2.20. The van der Waals surface area contributed by atoms with Gasteiger partial charge in [-0.1, -0.05) is 56.3 Å². The predicted octanol–water partition coefficient (Wildman–Crippen LogP) is 5.12. The fourth-order valence-corrected chi connectivity index (χ4v) is 3.14. The van der Waals surface area contributed by atoms with E-state index in [4.69, 9.17) is 12.2 Å². The third-order valence-electron chi connectivity index (χ3n) is 4.47. The SMILES string of the molecule is Cc1cccc(C)c1NC(=S)NC(=O)C(C)c1ccc(CC(C)C)cc1. The van der Waals surface area contributed by atoms with Crippen molar-refractivity contribution in [2.24, 2.45) is 5.92 Å². The second kappa shape index (κ2) is 8.95. The summed E-state index contributed by atoms with van der Waals surface area (Å²) in [5.74, 6) is 0.251. The highest BCUT2D eigenvalue weighted by molar-refractivity contribution is 7.80. The highest BCUT2D eigenvalue weighted by Gasteiger charge is 2.17. The number of benzene rings is 2. The first-order valence-electron chi connectivity index (χ1n) is 9.04. The summed E-state index contributed by atoms with van der Waals surface area (Å²) in [4.78, 5) is 12.5. The normalized spacial score (nSPS) is 11.9. The van der Waals surface area contributed by atoms with Crippen molar-refractivity contribution in [1.29, 1.82) is 0 Å². The number of aryl methyl sites for hydroxylation is 2. The van der Waals surface area contributed by atoms with Crippen LogP contribution in [-0.2, 0) is 11.2 Å². The molecule has 0 aliphatic rings. The first-order valence-corrected chi connectivity index (χ1v) is 9.45. The van der Waals surface area contributed by atoms with Gasteiger partial charge in [-0.2, -0.15) is 0 Å². The van der Waals surface area contributed by atoms with E-state index in [2.05, 4.69) is 36.6 Å². The second-order valence-electron chi connectivity index (χ2n) is 7.27. The molecule has 2 rings (SSSR count). The Bertz CT molecular complexity index is 761. The van der Waals surface area contributed by atoms with E-state index in [1.165, 1.54) is 5.56 Å². The van der Waals surface area contributed by atoms with Gasteiger partial charge in [0.15, 0.2) is 5.11 Å². The van der Waals surface area contributed by atoms with Crippen LogP contribution in [0.3, 0.4) is 0 Å². The summed E-state index contributed by atoms with van der Waals surface area (Å²) in [6, 6.07) is 14.3. The number of carbonyl (C=O) groups is 1. The smallest absolute Gasteiger partial charge is 0.233 e. The number of anilines is 1. The zero-order valence-electron chi connectivity index (χ0n) is 16.2. The van der Waals surface area contributed by atoms with Gasteiger partial charge >= 0.3 is 0 Å². The Kier molecular flexibility index (Phi) is 6.92. The summed E-state index contributed by atoms with van der Waals surface area (Å²) in [5.41, 5.74) is 5.42. The molecular weight excluding hydrogens is 340 g/mol. The largest absolute Gasteiger partial charge is 0.332 e. The summed E-state index contributed by atoms with van der Waals surface area (Å²) in [6.45, 7) is 10.3. The molecule has 0 aromatic heterocycles. The third-order valence-corrected chi connectivity index (χ3v) is 4.68. The number of para-hydroxylation sites is 1. The van der Waals surface area contributed by atoms with Crippen molar-refractivity contribution in [3.8, 4) is 0 Å². The standard InChI is InChI=1S/C22H28N2OS/c1-14(2)13-18-9-11-19(12-10-18)17(5)21(25)24-22(26)23-20-15(3)7-6-8-16(20)4/h6-12,14,17H,13H2,1-5H3,(H2,23,24,25,26). The Morgan fingerprint density at radius 1 is 1.00 bits per heavy atom. The van der Waals surface area contributed by atoms with Gasteiger partial charge in [0, 0.05) is 5.69 Å². The first-order chi connectivity index (χ1) is 12.3. The fraction of sp³-hybridized carbons (Fsp3) is 0.364. The second-order valence-corrected chi connectivity index (χ2v) is 7.68. The average Bonchev–Trinajstić information content (AvgIpc) is 2.58. The van der Waals surface area contributed by atoms with E-state index in [1.807, 2.05) is 51.1 Å². The van der Waals surface area contributed by atoms with Gasteiger partial charge in [0.2, 0.25) is 5.91 Å². The monoisotopic (exact) mass is 368 g/mol. The van der Waals surface area contributed by atoms with Crippen molar-refractivity contribution in [1.82, 2.24) is 5.32 Å². The summed E-state index contributed by atoms with van der Waals surface area (Å²) in [6.07, 6.45) is 1.05. The van der Waals surface area contributed by atoms with Crippen LogP contribution in [0.1, 0.15) is 48.9 Å². The molecule has 2 aromatic carbocycles. The van der Waals surface area contributed by atoms with E-state index >= 15 is 0 Å². The predicted molar refractivity (Wildman–Crippen MR) is 114 cm³/mol. The molecule has 1 unspecified atom stereocenters. The molecule has 2 aromatic rings. The lowest BCUT2D eigenvalue weighted by Crippen LogP contribution is -2.37. The quantitative estimate of drug-likeness (QED) is 0.720. The highest BCUT2D eigenvalue weighted by atomic mass is 32.1. The van der Waals surface area contributed by atoms with Gasteiger partial charge in [0.05, 0.1) is 5.92 Å². The minimum atomic E-state index is -0.263. The maximum absolute atomic E-state index is 12.5. The van der Waals surface area contributed by atoms with Gasteiger partial charge < -0.3 is 10.6 Å². The molecule has 0 fully saturated rings. The maximum atomic E-state index is 12.5. The van der Waals surface area contributed by atoms with E-state index in [-0.39, 0.29) is 11.8 Å². The van der Waals surface area contributed by atoms with Crippen LogP contribution in [0.25, 0.3) is 0 Å².